The lowest BCUT2D eigenvalue weighted by atomic mass is 9.92. The molecule has 0 aliphatic carbocycles. The van der Waals surface area contributed by atoms with E-state index in [4.69, 9.17) is 0 Å². The van der Waals surface area contributed by atoms with Gasteiger partial charge >= 0.3 is 24.2 Å². The zero-order valence-electron chi connectivity index (χ0n) is 17.4. The Bertz CT molecular complexity index is 441. The second-order valence-electron chi connectivity index (χ2n) is 7.32. The van der Waals surface area contributed by atoms with Gasteiger partial charge in [0.2, 0.25) is 0 Å². The van der Waals surface area contributed by atoms with Crippen LogP contribution in [0.15, 0.2) is 0 Å². The molecule has 2 nitrogen and oxygen atoms in total. The fraction of sp³-hybridized carbons (Fsp3) is 1.00. The van der Waals surface area contributed by atoms with E-state index in [0.29, 0.717) is 0 Å². The zero-order valence-corrected chi connectivity index (χ0v) is 18.2. The molecule has 2 N–H and O–H groups in total. The van der Waals surface area contributed by atoms with Gasteiger partial charge in [0.1, 0.15) is 0 Å². The molecule has 13 heteroatoms. The second-order valence-corrected chi connectivity index (χ2v) is 8.54. The van der Waals surface area contributed by atoms with Crippen LogP contribution in [0.25, 0.3) is 0 Å². The van der Waals surface area contributed by atoms with Crippen LogP contribution in [-0.4, -0.2) is 62.9 Å². The predicted molar refractivity (Wildman–Crippen MR) is 102 cm³/mol. The van der Waals surface area contributed by atoms with Crippen LogP contribution in [0.5, 0.6) is 0 Å². The van der Waals surface area contributed by atoms with Crippen LogP contribution in [-0.2, 0) is 0 Å². The highest BCUT2D eigenvalue weighted by atomic mass is 32.2. The van der Waals surface area contributed by atoms with Gasteiger partial charge in [0.05, 0.1) is 0 Å². The van der Waals surface area contributed by atoms with Crippen molar-refractivity contribution >= 4 is 11.8 Å². The van der Waals surface area contributed by atoms with Crippen LogP contribution in [0.1, 0.15) is 38.5 Å². The summed E-state index contributed by atoms with van der Waals surface area (Å²) in [6, 6.07) is 0. The summed E-state index contributed by atoms with van der Waals surface area (Å²) in [6.07, 6.45) is -13.1. The van der Waals surface area contributed by atoms with Crippen LogP contribution in [0.2, 0.25) is 0 Å². The number of nitrogens with one attached hydrogen (secondary N) is 2. The van der Waals surface area contributed by atoms with Gasteiger partial charge in [-0.2, -0.15) is 55.7 Å². The Hall–Kier alpha value is -0.430. The third-order valence-corrected chi connectivity index (χ3v) is 6.01. The molecule has 0 fully saturated rings. The molecule has 0 aliphatic rings. The third kappa shape index (κ3) is 9.93. The first-order chi connectivity index (χ1) is 14.1. The van der Waals surface area contributed by atoms with Crippen LogP contribution < -0.4 is 10.6 Å². The highest BCUT2D eigenvalue weighted by Gasteiger charge is 2.62. The van der Waals surface area contributed by atoms with Crippen molar-refractivity contribution in [2.45, 2.75) is 62.7 Å². The first-order valence-electron chi connectivity index (χ1n) is 9.88. The molecule has 0 rings (SSSR count). The van der Waals surface area contributed by atoms with Crippen LogP contribution in [0.4, 0.5) is 43.9 Å². The van der Waals surface area contributed by atoms with Gasteiger partial charge < -0.3 is 10.6 Å². The lowest BCUT2D eigenvalue weighted by Crippen LogP contribution is -2.44. The topological polar surface area (TPSA) is 24.1 Å². The minimum Gasteiger partial charge on any atom is -0.320 e. The Morgan fingerprint density at radius 3 is 1.16 bits per heavy atom. The maximum atomic E-state index is 13.7. The minimum absolute atomic E-state index is 0.0862. The molecular formula is C18H30F10N2S. The van der Waals surface area contributed by atoms with E-state index in [0.717, 1.165) is 11.8 Å². The molecule has 0 bridgehead atoms. The molecule has 0 aromatic carbocycles. The summed E-state index contributed by atoms with van der Waals surface area (Å²) in [5, 5.41) is 5.30. The first-order valence-corrected chi connectivity index (χ1v) is 11.0. The Balaban J connectivity index is 4.86. The molecule has 0 aliphatic heterocycles. The lowest BCUT2D eigenvalue weighted by Gasteiger charge is -2.29. The molecule has 0 heterocycles. The van der Waals surface area contributed by atoms with Crippen molar-refractivity contribution in [1.82, 2.24) is 10.6 Å². The van der Waals surface area contributed by atoms with E-state index < -0.39 is 61.7 Å². The lowest BCUT2D eigenvalue weighted by molar-refractivity contribution is -0.303. The second kappa shape index (κ2) is 13.3. The molecule has 0 saturated heterocycles. The molecule has 0 radical (unpaired) electrons. The molecule has 0 saturated carbocycles. The summed E-state index contributed by atoms with van der Waals surface area (Å²) in [6.45, 7) is 0.497. The van der Waals surface area contributed by atoms with E-state index >= 15 is 0 Å². The Morgan fingerprint density at radius 2 is 0.903 bits per heavy atom. The number of hydrogen-bond acceptors (Lipinski definition) is 3. The number of rotatable bonds is 16. The average molecular weight is 496 g/mol. The summed E-state index contributed by atoms with van der Waals surface area (Å²) in [4.78, 5) is 0. The van der Waals surface area contributed by atoms with E-state index in [-0.39, 0.29) is 37.4 Å². The summed E-state index contributed by atoms with van der Waals surface area (Å²) >= 11 is 0.809. The number of hydrogen-bond donors (Lipinski definition) is 2. The van der Waals surface area contributed by atoms with Crippen molar-refractivity contribution in [3.63, 3.8) is 0 Å². The van der Waals surface area contributed by atoms with Crippen molar-refractivity contribution in [3.05, 3.63) is 0 Å². The quantitative estimate of drug-likeness (QED) is 0.199. The van der Waals surface area contributed by atoms with Crippen molar-refractivity contribution < 1.29 is 43.9 Å². The van der Waals surface area contributed by atoms with Gasteiger partial charge in [0.15, 0.2) is 0 Å². The van der Waals surface area contributed by atoms with Gasteiger partial charge in [0, 0.05) is 11.8 Å². The molecule has 0 spiro atoms. The van der Waals surface area contributed by atoms with Gasteiger partial charge in [-0.25, -0.2) is 0 Å². The number of alkyl halides is 10. The van der Waals surface area contributed by atoms with E-state index in [1.807, 2.05) is 0 Å². The normalized spacial score (nSPS) is 15.9. The molecule has 31 heavy (non-hydrogen) atoms. The van der Waals surface area contributed by atoms with E-state index in [1.165, 1.54) is 14.1 Å². The van der Waals surface area contributed by atoms with Crippen LogP contribution in [0, 0.1) is 11.8 Å². The summed E-state index contributed by atoms with van der Waals surface area (Å²) in [5.41, 5.74) is 0. The Labute approximate surface area is 180 Å². The fourth-order valence-corrected chi connectivity index (χ4v) is 4.19. The van der Waals surface area contributed by atoms with E-state index in [9.17, 15) is 43.9 Å². The fourth-order valence-electron chi connectivity index (χ4n) is 3.08. The maximum absolute atomic E-state index is 13.7. The smallest absolute Gasteiger partial charge is 0.320 e. The maximum Gasteiger partial charge on any atom is 0.453 e. The average Bonchev–Trinajstić information content (AvgIpc) is 2.62. The summed E-state index contributed by atoms with van der Waals surface area (Å²) in [5.74, 6) is -14.2. The Kier molecular flexibility index (Phi) is 13.1. The summed E-state index contributed by atoms with van der Waals surface area (Å²) < 4.78 is 131. The standard InChI is InChI=1S/C18H30F10N2S/c1-29-9-3-5-13(15(19,20)17(23,24)25)7-11-31-12-8-14(6-4-10-30-2)16(21,22)18(26,27)28/h13-14,29-30H,3-12H2,1-2H3. The van der Waals surface area contributed by atoms with Gasteiger partial charge in [0.25, 0.3) is 0 Å². The van der Waals surface area contributed by atoms with Gasteiger partial charge in [-0.3, -0.25) is 0 Å². The Morgan fingerprint density at radius 1 is 0.581 bits per heavy atom. The van der Waals surface area contributed by atoms with Gasteiger partial charge in [-0.15, -0.1) is 0 Å². The first kappa shape index (κ1) is 30.6. The molecule has 188 valence electrons. The SMILES string of the molecule is CNCCCC(CCSCCC(CCCNC)C(F)(F)C(F)(F)F)C(F)(F)C(F)(F)F. The third-order valence-electron chi connectivity index (χ3n) is 4.96. The van der Waals surface area contributed by atoms with E-state index in [2.05, 4.69) is 10.6 Å². The monoisotopic (exact) mass is 496 g/mol. The van der Waals surface area contributed by atoms with Crippen molar-refractivity contribution in [2.24, 2.45) is 11.8 Å². The zero-order chi connectivity index (χ0) is 24.3. The predicted octanol–water partition coefficient (Wildman–Crippen LogP) is 6.13. The summed E-state index contributed by atoms with van der Waals surface area (Å²) in [7, 11) is 3.05. The van der Waals surface area contributed by atoms with Crippen LogP contribution >= 0.6 is 11.8 Å². The molecule has 2 atom stereocenters. The highest BCUT2D eigenvalue weighted by molar-refractivity contribution is 7.99. The highest BCUT2D eigenvalue weighted by Crippen LogP contribution is 2.46. The molecule has 2 unspecified atom stereocenters. The minimum atomic E-state index is -5.71. The van der Waals surface area contributed by atoms with Crippen molar-refractivity contribution in [1.29, 1.82) is 0 Å². The number of halogens is 10. The molecule has 0 aromatic rings. The number of thioether (sulfide) groups is 1. The molecule has 0 amide bonds. The van der Waals surface area contributed by atoms with E-state index in [1.54, 1.807) is 0 Å². The van der Waals surface area contributed by atoms with Gasteiger partial charge in [-0.1, -0.05) is 0 Å². The van der Waals surface area contributed by atoms with Crippen LogP contribution in [0.3, 0.4) is 0 Å². The molecule has 0 aromatic heterocycles. The largest absolute Gasteiger partial charge is 0.453 e. The van der Waals surface area contributed by atoms with Gasteiger partial charge in [-0.05, 0) is 77.2 Å². The van der Waals surface area contributed by atoms with Crippen molar-refractivity contribution in [3.8, 4) is 0 Å². The van der Waals surface area contributed by atoms with Crippen molar-refractivity contribution in [2.75, 3.05) is 38.7 Å². The molecular weight excluding hydrogens is 466 g/mol.